The summed E-state index contributed by atoms with van der Waals surface area (Å²) in [4.78, 5) is 12.7. The lowest BCUT2D eigenvalue weighted by Crippen LogP contribution is -2.44. The Bertz CT molecular complexity index is 1510. The number of aliphatic hydroxyl groups is 1. The van der Waals surface area contributed by atoms with Crippen LogP contribution in [-0.4, -0.2) is 45.2 Å². The number of Topliss-reactive ketones (excluding diaryl/α,β-unsaturated/α-hetero) is 1. The van der Waals surface area contributed by atoms with Crippen LogP contribution in [0, 0.1) is 18.2 Å². The number of rotatable bonds is 10. The number of benzene rings is 3. The minimum atomic E-state index is -4.10. The lowest BCUT2D eigenvalue weighted by atomic mass is 9.86. The number of aryl methyl sites for hydroxylation is 1. The molecule has 0 radical (unpaired) electrons. The number of ether oxygens (including phenoxy) is 2. The summed E-state index contributed by atoms with van der Waals surface area (Å²) in [6.07, 6.45) is -0.390. The zero-order chi connectivity index (χ0) is 29.2. The van der Waals surface area contributed by atoms with Gasteiger partial charge in [0.15, 0.2) is 0 Å². The summed E-state index contributed by atoms with van der Waals surface area (Å²) in [5.41, 5.74) is 0.530. The van der Waals surface area contributed by atoms with Crippen molar-refractivity contribution in [2.75, 3.05) is 17.5 Å². The molecule has 0 fully saturated rings. The van der Waals surface area contributed by atoms with Crippen LogP contribution < -0.4 is 13.8 Å². The Kier molecular flexibility index (Phi) is 8.46. The lowest BCUT2D eigenvalue weighted by Gasteiger charge is -2.36. The average molecular weight is 578 g/mol. The summed E-state index contributed by atoms with van der Waals surface area (Å²) in [6.45, 7) is 1.46. The van der Waals surface area contributed by atoms with E-state index in [1.54, 1.807) is 39.0 Å². The molecule has 1 N–H and O–H groups in total. The van der Waals surface area contributed by atoms with Gasteiger partial charge in [-0.3, -0.25) is 9.10 Å². The highest BCUT2D eigenvalue weighted by Crippen LogP contribution is 2.41. The van der Waals surface area contributed by atoms with Gasteiger partial charge < -0.3 is 14.6 Å². The van der Waals surface area contributed by atoms with Crippen LogP contribution in [0.5, 0.6) is 11.5 Å². The molecule has 3 aromatic carbocycles. The second-order valence-electron chi connectivity index (χ2n) is 10.3. The number of hydrogen-bond acceptors (Lipinski definition) is 6. The van der Waals surface area contributed by atoms with Crippen LogP contribution in [0.1, 0.15) is 32.3 Å². The van der Waals surface area contributed by atoms with E-state index in [0.717, 1.165) is 17.7 Å². The second-order valence-corrected chi connectivity index (χ2v) is 12.2. The van der Waals surface area contributed by atoms with E-state index in [0.29, 0.717) is 5.56 Å². The Morgan fingerprint density at radius 3 is 2.55 bits per heavy atom. The van der Waals surface area contributed by atoms with Crippen molar-refractivity contribution in [3.63, 3.8) is 0 Å². The van der Waals surface area contributed by atoms with Crippen LogP contribution >= 0.6 is 0 Å². The molecule has 40 heavy (non-hydrogen) atoms. The van der Waals surface area contributed by atoms with Crippen LogP contribution in [0.15, 0.2) is 65.6 Å². The number of alkyl halides is 2. The smallest absolute Gasteiger partial charge is 0.387 e. The molecule has 3 aromatic rings. The monoisotopic (exact) mass is 577 g/mol. The van der Waals surface area contributed by atoms with Crippen molar-refractivity contribution >= 4 is 21.5 Å². The van der Waals surface area contributed by atoms with Crippen LogP contribution in [0.25, 0.3) is 11.1 Å². The average Bonchev–Trinajstić information content (AvgIpc) is 2.90. The first-order chi connectivity index (χ1) is 18.8. The van der Waals surface area contributed by atoms with Crippen LogP contribution in [0.2, 0.25) is 0 Å². The molecule has 0 saturated heterocycles. The molecule has 0 spiro atoms. The molecule has 0 bridgehead atoms. The van der Waals surface area contributed by atoms with Crippen molar-refractivity contribution in [1.82, 2.24) is 0 Å². The van der Waals surface area contributed by atoms with Crippen LogP contribution in [0.4, 0.5) is 18.9 Å². The number of halogens is 3. The van der Waals surface area contributed by atoms with Gasteiger partial charge in [0.05, 0.1) is 23.7 Å². The molecule has 1 aliphatic heterocycles. The minimum Gasteiger partial charge on any atom is -0.486 e. The number of nitrogens with zero attached hydrogens (tertiary/aromatic N) is 1. The molecule has 0 aliphatic carbocycles. The van der Waals surface area contributed by atoms with E-state index in [-0.39, 0.29) is 59.4 Å². The van der Waals surface area contributed by atoms with Gasteiger partial charge in [-0.2, -0.15) is 8.78 Å². The van der Waals surface area contributed by atoms with Crippen LogP contribution in [-0.2, 0) is 14.8 Å². The zero-order valence-electron chi connectivity index (χ0n) is 22.2. The summed E-state index contributed by atoms with van der Waals surface area (Å²) in [6, 6.07) is 14.2. The normalized spacial score (nSPS) is 15.5. The first-order valence-electron chi connectivity index (χ1n) is 12.6. The number of ketones is 1. The highest BCUT2D eigenvalue weighted by Gasteiger charge is 2.36. The maximum absolute atomic E-state index is 14.2. The third kappa shape index (κ3) is 6.42. The van der Waals surface area contributed by atoms with E-state index in [4.69, 9.17) is 4.74 Å². The largest absolute Gasteiger partial charge is 0.486 e. The lowest BCUT2D eigenvalue weighted by molar-refractivity contribution is -0.129. The molecule has 0 aromatic heterocycles. The van der Waals surface area contributed by atoms with Gasteiger partial charge in [0.2, 0.25) is 0 Å². The van der Waals surface area contributed by atoms with Crippen molar-refractivity contribution in [2.45, 2.75) is 51.2 Å². The summed E-state index contributed by atoms with van der Waals surface area (Å²) in [5.74, 6) is -1.13. The third-order valence-corrected chi connectivity index (χ3v) is 8.52. The zero-order valence-corrected chi connectivity index (χ0v) is 23.1. The molecule has 214 valence electrons. The van der Waals surface area contributed by atoms with Crippen molar-refractivity contribution in [3.05, 3.63) is 72.0 Å². The van der Waals surface area contributed by atoms with Gasteiger partial charge in [0.25, 0.3) is 10.0 Å². The first kappa shape index (κ1) is 29.4. The molecule has 1 aliphatic rings. The van der Waals surface area contributed by atoms with E-state index in [1.807, 2.05) is 0 Å². The number of hydrogen-bond donors (Lipinski definition) is 1. The number of carbonyl (C=O) groups is 1. The fourth-order valence-electron chi connectivity index (χ4n) is 4.39. The SMILES string of the molecule is Cc1cccc(S(=O)(=O)N2C[C@H](CCC(=O)C(C)(C)CO)Oc3ccc(-c4cc(F)cc(OC(F)F)c4)cc32)c1. The Balaban J connectivity index is 1.75. The van der Waals surface area contributed by atoms with Crippen molar-refractivity contribution < 1.29 is 41.0 Å². The minimum absolute atomic E-state index is 0.0559. The fraction of sp³-hybridized carbons (Fsp3) is 0.345. The van der Waals surface area contributed by atoms with Crippen molar-refractivity contribution in [3.8, 4) is 22.6 Å². The Hall–Kier alpha value is -3.57. The summed E-state index contributed by atoms with van der Waals surface area (Å²) >= 11 is 0. The topological polar surface area (TPSA) is 93.1 Å². The number of aliphatic hydroxyl groups excluding tert-OH is 1. The Labute approximate surface area is 231 Å². The third-order valence-electron chi connectivity index (χ3n) is 6.74. The number of sulfonamides is 1. The molecular formula is C29H30F3NO6S. The van der Waals surface area contributed by atoms with Gasteiger partial charge >= 0.3 is 6.61 Å². The van der Waals surface area contributed by atoms with Crippen molar-refractivity contribution in [2.24, 2.45) is 5.41 Å². The van der Waals surface area contributed by atoms with E-state index in [1.165, 1.54) is 34.6 Å². The highest BCUT2D eigenvalue weighted by atomic mass is 32.2. The predicted molar refractivity (Wildman–Crippen MR) is 144 cm³/mol. The maximum Gasteiger partial charge on any atom is 0.387 e. The number of carbonyl (C=O) groups excluding carboxylic acids is 1. The molecule has 0 amide bonds. The van der Waals surface area contributed by atoms with Gasteiger partial charge in [-0.05, 0) is 66.4 Å². The predicted octanol–water partition coefficient (Wildman–Crippen LogP) is 5.73. The van der Waals surface area contributed by atoms with Crippen molar-refractivity contribution in [1.29, 1.82) is 0 Å². The number of anilines is 1. The first-order valence-corrected chi connectivity index (χ1v) is 14.0. The van der Waals surface area contributed by atoms with E-state index < -0.39 is 34.0 Å². The molecule has 0 unspecified atom stereocenters. The van der Waals surface area contributed by atoms with Gasteiger partial charge in [-0.15, -0.1) is 0 Å². The summed E-state index contributed by atoms with van der Waals surface area (Å²) < 4.78 is 79.1. The molecule has 0 saturated carbocycles. The summed E-state index contributed by atoms with van der Waals surface area (Å²) in [7, 11) is -4.10. The fourth-order valence-corrected chi connectivity index (χ4v) is 6.00. The molecule has 1 atom stereocenters. The molecule has 11 heteroatoms. The quantitative estimate of drug-likeness (QED) is 0.331. The van der Waals surface area contributed by atoms with Gasteiger partial charge in [0, 0.05) is 17.9 Å². The summed E-state index contributed by atoms with van der Waals surface area (Å²) in [5, 5.41) is 9.52. The standard InChI is InChI=1S/C29H30F3NO6S/c1-18-5-4-6-24(11-18)40(36,37)33-16-22(8-10-27(35)29(2,3)17-34)38-26-9-7-19(14-25(26)33)20-12-21(30)15-23(13-20)39-28(31)32/h4-7,9,11-15,22,28,34H,8,10,16-17H2,1-3H3/t22-/m0/s1. The van der Waals surface area contributed by atoms with Gasteiger partial charge in [-0.1, -0.05) is 32.0 Å². The molecular weight excluding hydrogens is 547 g/mol. The van der Waals surface area contributed by atoms with E-state index in [9.17, 15) is 31.5 Å². The highest BCUT2D eigenvalue weighted by molar-refractivity contribution is 7.92. The van der Waals surface area contributed by atoms with E-state index in [2.05, 4.69) is 4.74 Å². The molecule has 4 rings (SSSR count). The number of fused-ring (bicyclic) bond motifs is 1. The van der Waals surface area contributed by atoms with Crippen LogP contribution in [0.3, 0.4) is 0 Å². The Morgan fingerprint density at radius 1 is 1.12 bits per heavy atom. The van der Waals surface area contributed by atoms with Gasteiger partial charge in [0.1, 0.15) is 29.2 Å². The van der Waals surface area contributed by atoms with E-state index >= 15 is 0 Å². The molecule has 7 nitrogen and oxygen atoms in total. The Morgan fingerprint density at radius 2 is 1.88 bits per heavy atom. The van der Waals surface area contributed by atoms with Gasteiger partial charge in [-0.25, -0.2) is 12.8 Å². The maximum atomic E-state index is 14.2. The second kappa shape index (κ2) is 11.5. The molecule has 1 heterocycles.